The average molecular weight is 184 g/mol. The molecular formula is C9H12O4. The molecule has 1 aromatic heterocycles. The average Bonchev–Trinajstić information content (AvgIpc) is 2.66. The Labute approximate surface area is 76.4 Å². The summed E-state index contributed by atoms with van der Waals surface area (Å²) >= 11 is 0. The van der Waals surface area contributed by atoms with Gasteiger partial charge in [-0.15, -0.1) is 0 Å². The van der Waals surface area contributed by atoms with E-state index >= 15 is 0 Å². The van der Waals surface area contributed by atoms with Gasteiger partial charge in [-0.3, -0.25) is 4.79 Å². The van der Waals surface area contributed by atoms with Crippen LogP contribution in [0.5, 0.6) is 0 Å². The summed E-state index contributed by atoms with van der Waals surface area (Å²) in [4.78, 5) is 11.4. The van der Waals surface area contributed by atoms with Crippen molar-refractivity contribution in [2.45, 2.75) is 12.7 Å². The second-order valence-corrected chi connectivity index (χ2v) is 2.51. The highest BCUT2D eigenvalue weighted by Crippen LogP contribution is 2.08. The lowest BCUT2D eigenvalue weighted by molar-refractivity contribution is -0.0995. The fraction of sp³-hybridized carbons (Fsp3) is 0.444. The van der Waals surface area contributed by atoms with E-state index in [9.17, 15) is 4.79 Å². The number of hydrogen-bond acceptors (Lipinski definition) is 4. The fourth-order valence-electron chi connectivity index (χ4n) is 0.952. The van der Waals surface area contributed by atoms with Crippen molar-refractivity contribution in [1.82, 2.24) is 0 Å². The molecule has 0 fully saturated rings. The summed E-state index contributed by atoms with van der Waals surface area (Å²) < 4.78 is 14.7. The van der Waals surface area contributed by atoms with E-state index in [1.54, 1.807) is 12.1 Å². The molecule has 1 heterocycles. The van der Waals surface area contributed by atoms with E-state index < -0.39 is 6.29 Å². The third-order valence-corrected chi connectivity index (χ3v) is 1.67. The Morgan fingerprint density at radius 2 is 2.23 bits per heavy atom. The monoisotopic (exact) mass is 184 g/mol. The van der Waals surface area contributed by atoms with Crippen LogP contribution in [0.15, 0.2) is 22.8 Å². The Balaban J connectivity index is 2.50. The number of rotatable bonds is 5. The summed E-state index contributed by atoms with van der Waals surface area (Å²) in [6.07, 6.45) is 1.13. The highest BCUT2D eigenvalue weighted by molar-refractivity contribution is 5.93. The van der Waals surface area contributed by atoms with Crippen molar-refractivity contribution in [2.24, 2.45) is 0 Å². The smallest absolute Gasteiger partial charge is 0.203 e. The minimum absolute atomic E-state index is 0.126. The van der Waals surface area contributed by atoms with Crippen LogP contribution >= 0.6 is 0 Å². The maximum atomic E-state index is 11.4. The molecule has 72 valence electrons. The van der Waals surface area contributed by atoms with Crippen LogP contribution in [0.3, 0.4) is 0 Å². The molecule has 0 radical (unpaired) electrons. The predicted molar refractivity (Wildman–Crippen MR) is 45.5 cm³/mol. The number of hydrogen-bond donors (Lipinski definition) is 0. The van der Waals surface area contributed by atoms with Gasteiger partial charge >= 0.3 is 0 Å². The van der Waals surface area contributed by atoms with Crippen molar-refractivity contribution >= 4 is 5.78 Å². The summed E-state index contributed by atoms with van der Waals surface area (Å²) in [6.45, 7) is 0. The van der Waals surface area contributed by atoms with Crippen LogP contribution in [0, 0.1) is 0 Å². The SMILES string of the molecule is COC(CC(=O)c1ccco1)OC. The molecule has 4 heteroatoms. The second-order valence-electron chi connectivity index (χ2n) is 2.51. The molecule has 1 rings (SSSR count). The van der Waals surface area contributed by atoms with Gasteiger partial charge in [0.25, 0.3) is 0 Å². The maximum absolute atomic E-state index is 11.4. The quantitative estimate of drug-likeness (QED) is 0.513. The third-order valence-electron chi connectivity index (χ3n) is 1.67. The lowest BCUT2D eigenvalue weighted by atomic mass is 10.2. The Morgan fingerprint density at radius 1 is 1.54 bits per heavy atom. The van der Waals surface area contributed by atoms with Gasteiger partial charge in [0.05, 0.1) is 12.7 Å². The number of carbonyl (C=O) groups is 1. The molecule has 0 saturated heterocycles. The van der Waals surface area contributed by atoms with Crippen LogP contribution in [-0.4, -0.2) is 26.3 Å². The van der Waals surface area contributed by atoms with Gasteiger partial charge in [-0.2, -0.15) is 0 Å². The van der Waals surface area contributed by atoms with Crippen molar-refractivity contribution < 1.29 is 18.7 Å². The molecule has 0 amide bonds. The van der Waals surface area contributed by atoms with E-state index in [0.29, 0.717) is 5.76 Å². The first-order valence-corrected chi connectivity index (χ1v) is 3.90. The highest BCUT2D eigenvalue weighted by atomic mass is 16.7. The van der Waals surface area contributed by atoms with Crippen LogP contribution < -0.4 is 0 Å². The predicted octanol–water partition coefficient (Wildman–Crippen LogP) is 1.47. The molecule has 0 spiro atoms. The molecule has 13 heavy (non-hydrogen) atoms. The maximum Gasteiger partial charge on any atom is 0.203 e. The van der Waals surface area contributed by atoms with Gasteiger partial charge in [0.2, 0.25) is 5.78 Å². The molecule has 0 aromatic carbocycles. The van der Waals surface area contributed by atoms with Gasteiger partial charge in [-0.05, 0) is 12.1 Å². The van der Waals surface area contributed by atoms with Gasteiger partial charge in [-0.25, -0.2) is 0 Å². The second kappa shape index (κ2) is 4.79. The van der Waals surface area contributed by atoms with Gasteiger partial charge in [0, 0.05) is 14.2 Å². The molecule has 0 aliphatic rings. The molecule has 0 aliphatic carbocycles. The Hall–Kier alpha value is -1.13. The number of methoxy groups -OCH3 is 2. The molecule has 0 atom stereocenters. The zero-order valence-electron chi connectivity index (χ0n) is 7.65. The van der Waals surface area contributed by atoms with Crippen LogP contribution in [-0.2, 0) is 9.47 Å². The van der Waals surface area contributed by atoms with E-state index in [1.807, 2.05) is 0 Å². The molecule has 1 aromatic rings. The largest absolute Gasteiger partial charge is 0.461 e. The van der Waals surface area contributed by atoms with E-state index in [4.69, 9.17) is 13.9 Å². The van der Waals surface area contributed by atoms with Crippen molar-refractivity contribution in [3.8, 4) is 0 Å². The summed E-state index contributed by atoms with van der Waals surface area (Å²) in [6, 6.07) is 3.28. The van der Waals surface area contributed by atoms with Gasteiger partial charge in [0.1, 0.15) is 0 Å². The normalized spacial score (nSPS) is 10.7. The zero-order valence-corrected chi connectivity index (χ0v) is 7.65. The number of ether oxygens (including phenoxy) is 2. The topological polar surface area (TPSA) is 48.7 Å². The summed E-state index contributed by atoms with van der Waals surface area (Å²) in [5.74, 6) is 0.206. The van der Waals surface area contributed by atoms with E-state index in [0.717, 1.165) is 0 Å². The number of carbonyl (C=O) groups excluding carboxylic acids is 1. The van der Waals surface area contributed by atoms with Gasteiger partial charge in [0.15, 0.2) is 12.1 Å². The van der Waals surface area contributed by atoms with Crippen LogP contribution in [0.1, 0.15) is 17.0 Å². The molecule has 0 bridgehead atoms. The Kier molecular flexibility index (Phi) is 3.67. The van der Waals surface area contributed by atoms with Crippen molar-refractivity contribution in [1.29, 1.82) is 0 Å². The first-order valence-electron chi connectivity index (χ1n) is 3.90. The van der Waals surface area contributed by atoms with Crippen LogP contribution in [0.25, 0.3) is 0 Å². The third kappa shape index (κ3) is 2.68. The Morgan fingerprint density at radius 3 is 2.69 bits per heavy atom. The standard InChI is InChI=1S/C9H12O4/c1-11-9(12-2)6-7(10)8-4-3-5-13-8/h3-5,9H,6H2,1-2H3. The van der Waals surface area contributed by atoms with E-state index in [-0.39, 0.29) is 12.2 Å². The van der Waals surface area contributed by atoms with Crippen molar-refractivity contribution in [3.63, 3.8) is 0 Å². The molecular weight excluding hydrogens is 172 g/mol. The van der Waals surface area contributed by atoms with E-state index in [1.165, 1.54) is 20.5 Å². The zero-order chi connectivity index (χ0) is 9.68. The van der Waals surface area contributed by atoms with Crippen LogP contribution in [0.2, 0.25) is 0 Å². The fourth-order valence-corrected chi connectivity index (χ4v) is 0.952. The lowest BCUT2D eigenvalue weighted by Crippen LogP contribution is -2.17. The minimum atomic E-state index is -0.502. The van der Waals surface area contributed by atoms with Crippen molar-refractivity contribution in [3.05, 3.63) is 24.2 Å². The first kappa shape index (κ1) is 9.95. The number of ketones is 1. The molecule has 0 unspecified atom stereocenters. The molecule has 0 saturated carbocycles. The van der Waals surface area contributed by atoms with Gasteiger partial charge < -0.3 is 13.9 Å². The number of furan rings is 1. The van der Waals surface area contributed by atoms with Crippen molar-refractivity contribution in [2.75, 3.05) is 14.2 Å². The Bertz CT molecular complexity index is 249. The molecule has 4 nitrogen and oxygen atoms in total. The van der Waals surface area contributed by atoms with Gasteiger partial charge in [-0.1, -0.05) is 0 Å². The minimum Gasteiger partial charge on any atom is -0.461 e. The van der Waals surface area contributed by atoms with Crippen LogP contribution in [0.4, 0.5) is 0 Å². The summed E-state index contributed by atoms with van der Waals surface area (Å²) in [5, 5.41) is 0. The number of Topliss-reactive ketones (excluding diaryl/α,β-unsaturated/α-hetero) is 1. The molecule has 0 N–H and O–H groups in total. The lowest BCUT2D eigenvalue weighted by Gasteiger charge is -2.10. The summed E-state index contributed by atoms with van der Waals surface area (Å²) in [7, 11) is 2.98. The first-order chi connectivity index (χ1) is 6.27. The summed E-state index contributed by atoms with van der Waals surface area (Å²) in [5.41, 5.74) is 0. The highest BCUT2D eigenvalue weighted by Gasteiger charge is 2.15. The van der Waals surface area contributed by atoms with E-state index in [2.05, 4.69) is 0 Å². The molecule has 0 aliphatic heterocycles.